The first-order valence-electron chi connectivity index (χ1n) is 7.43. The average molecular weight is 305 g/mol. The molecule has 118 valence electrons. The van der Waals surface area contributed by atoms with Gasteiger partial charge in [-0.2, -0.15) is 0 Å². The first-order chi connectivity index (χ1) is 10.7. The van der Waals surface area contributed by atoms with E-state index in [1.54, 1.807) is 0 Å². The van der Waals surface area contributed by atoms with Crippen LogP contribution in [0.5, 0.6) is 11.5 Å². The summed E-state index contributed by atoms with van der Waals surface area (Å²) < 4.78 is 10.5. The lowest BCUT2D eigenvalue weighted by atomic mass is 10.1. The molecule has 1 atom stereocenters. The SMILES string of the molecule is O=C(NCc1ccc2c(c1)OCO2)NC1CCCCNC1=O. The van der Waals surface area contributed by atoms with E-state index in [-0.39, 0.29) is 18.7 Å². The van der Waals surface area contributed by atoms with Gasteiger partial charge in [0.05, 0.1) is 0 Å². The number of amides is 3. The Morgan fingerprint density at radius 2 is 2.14 bits per heavy atom. The van der Waals surface area contributed by atoms with E-state index in [9.17, 15) is 9.59 Å². The fraction of sp³-hybridized carbons (Fsp3) is 0.467. The van der Waals surface area contributed by atoms with Crippen molar-refractivity contribution in [1.82, 2.24) is 16.0 Å². The largest absolute Gasteiger partial charge is 0.454 e. The zero-order valence-corrected chi connectivity index (χ0v) is 12.2. The highest BCUT2D eigenvalue weighted by molar-refractivity contribution is 5.87. The standard InChI is InChI=1S/C15H19N3O4/c19-14-11(3-1-2-6-16-14)18-15(20)17-8-10-4-5-12-13(7-10)22-9-21-12/h4-5,7,11H,1-3,6,8-9H2,(H,16,19)(H2,17,18,20). The number of benzene rings is 1. The van der Waals surface area contributed by atoms with Gasteiger partial charge in [-0.25, -0.2) is 4.79 Å². The molecule has 22 heavy (non-hydrogen) atoms. The highest BCUT2D eigenvalue weighted by Gasteiger charge is 2.22. The van der Waals surface area contributed by atoms with Crippen LogP contribution in [-0.2, 0) is 11.3 Å². The third-order valence-corrected chi connectivity index (χ3v) is 3.73. The van der Waals surface area contributed by atoms with Crippen LogP contribution in [0.3, 0.4) is 0 Å². The molecule has 0 saturated carbocycles. The summed E-state index contributed by atoms with van der Waals surface area (Å²) in [6.07, 6.45) is 2.54. The van der Waals surface area contributed by atoms with E-state index >= 15 is 0 Å². The zero-order chi connectivity index (χ0) is 15.4. The first-order valence-corrected chi connectivity index (χ1v) is 7.43. The number of urea groups is 1. The van der Waals surface area contributed by atoms with Gasteiger partial charge >= 0.3 is 6.03 Å². The predicted molar refractivity (Wildman–Crippen MR) is 78.6 cm³/mol. The fourth-order valence-electron chi connectivity index (χ4n) is 2.52. The van der Waals surface area contributed by atoms with E-state index in [0.717, 1.165) is 18.4 Å². The van der Waals surface area contributed by atoms with Crippen molar-refractivity contribution in [3.8, 4) is 11.5 Å². The number of carbonyl (C=O) groups excluding carboxylic acids is 2. The van der Waals surface area contributed by atoms with Crippen LogP contribution in [0.4, 0.5) is 4.79 Å². The zero-order valence-electron chi connectivity index (χ0n) is 12.2. The highest BCUT2D eigenvalue weighted by atomic mass is 16.7. The van der Waals surface area contributed by atoms with Gasteiger partial charge in [0.1, 0.15) is 6.04 Å². The molecule has 1 unspecified atom stereocenters. The third kappa shape index (κ3) is 3.41. The molecule has 1 fully saturated rings. The van der Waals surface area contributed by atoms with Gasteiger partial charge in [-0.15, -0.1) is 0 Å². The molecular weight excluding hydrogens is 286 g/mol. The summed E-state index contributed by atoms with van der Waals surface area (Å²) in [6, 6.07) is 4.71. The summed E-state index contributed by atoms with van der Waals surface area (Å²) >= 11 is 0. The van der Waals surface area contributed by atoms with Gasteiger partial charge in [0, 0.05) is 13.1 Å². The van der Waals surface area contributed by atoms with Crippen LogP contribution >= 0.6 is 0 Å². The minimum Gasteiger partial charge on any atom is -0.454 e. The Kier molecular flexibility index (Phi) is 4.32. The van der Waals surface area contributed by atoms with E-state index in [1.165, 1.54) is 0 Å². The van der Waals surface area contributed by atoms with Crippen molar-refractivity contribution in [2.45, 2.75) is 31.8 Å². The molecule has 1 aromatic rings. The van der Waals surface area contributed by atoms with Gasteiger partial charge in [-0.1, -0.05) is 6.07 Å². The van der Waals surface area contributed by atoms with Crippen molar-refractivity contribution in [1.29, 1.82) is 0 Å². The summed E-state index contributed by atoms with van der Waals surface area (Å²) in [5.41, 5.74) is 0.907. The van der Waals surface area contributed by atoms with Gasteiger partial charge in [-0.05, 0) is 37.0 Å². The Balaban J connectivity index is 1.50. The first kappa shape index (κ1) is 14.5. The van der Waals surface area contributed by atoms with Gasteiger partial charge in [0.2, 0.25) is 12.7 Å². The van der Waals surface area contributed by atoms with Gasteiger partial charge < -0.3 is 25.4 Å². The summed E-state index contributed by atoms with van der Waals surface area (Å²) in [5.74, 6) is 1.28. The normalized spacial score (nSPS) is 20.0. The topological polar surface area (TPSA) is 88.7 Å². The Hall–Kier alpha value is -2.44. The molecule has 0 radical (unpaired) electrons. The monoisotopic (exact) mass is 305 g/mol. The molecular formula is C15H19N3O4. The van der Waals surface area contributed by atoms with Crippen molar-refractivity contribution >= 4 is 11.9 Å². The molecule has 0 aromatic heterocycles. The van der Waals surface area contributed by atoms with E-state index in [1.807, 2.05) is 18.2 Å². The number of rotatable bonds is 3. The molecule has 7 heteroatoms. The number of hydrogen-bond donors (Lipinski definition) is 3. The quantitative estimate of drug-likeness (QED) is 0.773. The molecule has 0 spiro atoms. The summed E-state index contributed by atoms with van der Waals surface area (Å²) in [6.45, 7) is 1.26. The lowest BCUT2D eigenvalue weighted by molar-refractivity contribution is -0.122. The van der Waals surface area contributed by atoms with Gasteiger partial charge in [0.25, 0.3) is 0 Å². The molecule has 7 nitrogen and oxygen atoms in total. The van der Waals surface area contributed by atoms with Gasteiger partial charge in [0.15, 0.2) is 11.5 Å². The molecule has 0 bridgehead atoms. The molecule has 3 N–H and O–H groups in total. The maximum Gasteiger partial charge on any atom is 0.315 e. The predicted octanol–water partition coefficient (Wildman–Crippen LogP) is 0.883. The third-order valence-electron chi connectivity index (χ3n) is 3.73. The molecule has 1 saturated heterocycles. The van der Waals surface area contributed by atoms with E-state index < -0.39 is 6.04 Å². The Morgan fingerprint density at radius 1 is 1.27 bits per heavy atom. The molecule has 0 aliphatic carbocycles. The molecule has 2 aliphatic heterocycles. The number of ether oxygens (including phenoxy) is 2. The van der Waals surface area contributed by atoms with Gasteiger partial charge in [-0.3, -0.25) is 4.79 Å². The van der Waals surface area contributed by atoms with Crippen molar-refractivity contribution in [3.05, 3.63) is 23.8 Å². The van der Waals surface area contributed by atoms with E-state index in [4.69, 9.17) is 9.47 Å². The number of hydrogen-bond acceptors (Lipinski definition) is 4. The molecule has 3 rings (SSSR count). The second-order valence-corrected chi connectivity index (χ2v) is 5.35. The van der Waals surface area contributed by atoms with Crippen molar-refractivity contribution < 1.29 is 19.1 Å². The van der Waals surface area contributed by atoms with Crippen LogP contribution < -0.4 is 25.4 Å². The molecule has 2 aliphatic rings. The average Bonchev–Trinajstić information content (AvgIpc) is 2.89. The van der Waals surface area contributed by atoms with E-state index in [2.05, 4.69) is 16.0 Å². The maximum atomic E-state index is 11.9. The van der Waals surface area contributed by atoms with Crippen LogP contribution in [-0.4, -0.2) is 31.3 Å². The van der Waals surface area contributed by atoms with Crippen LogP contribution in [0.2, 0.25) is 0 Å². The van der Waals surface area contributed by atoms with Crippen molar-refractivity contribution in [2.24, 2.45) is 0 Å². The Labute approximate surface area is 128 Å². The lowest BCUT2D eigenvalue weighted by Gasteiger charge is -2.15. The molecule has 2 heterocycles. The Bertz CT molecular complexity index is 576. The minimum absolute atomic E-state index is 0.115. The number of fused-ring (bicyclic) bond motifs is 1. The maximum absolute atomic E-state index is 11.9. The molecule has 3 amide bonds. The van der Waals surface area contributed by atoms with E-state index in [0.29, 0.717) is 31.0 Å². The summed E-state index contributed by atoms with van der Waals surface area (Å²) in [4.78, 5) is 23.7. The lowest BCUT2D eigenvalue weighted by Crippen LogP contribution is -2.48. The summed E-state index contributed by atoms with van der Waals surface area (Å²) in [7, 11) is 0. The van der Waals surface area contributed by atoms with Crippen LogP contribution in [0.15, 0.2) is 18.2 Å². The fourth-order valence-corrected chi connectivity index (χ4v) is 2.52. The van der Waals surface area contributed by atoms with Crippen LogP contribution in [0, 0.1) is 0 Å². The van der Waals surface area contributed by atoms with Crippen molar-refractivity contribution in [3.63, 3.8) is 0 Å². The Morgan fingerprint density at radius 3 is 3.05 bits per heavy atom. The van der Waals surface area contributed by atoms with Crippen LogP contribution in [0.25, 0.3) is 0 Å². The smallest absolute Gasteiger partial charge is 0.315 e. The van der Waals surface area contributed by atoms with Crippen LogP contribution in [0.1, 0.15) is 24.8 Å². The molecule has 1 aromatic carbocycles. The summed E-state index contributed by atoms with van der Waals surface area (Å²) in [5, 5.41) is 8.26. The number of carbonyl (C=O) groups is 2. The second-order valence-electron chi connectivity index (χ2n) is 5.35. The van der Waals surface area contributed by atoms with Crippen molar-refractivity contribution in [2.75, 3.05) is 13.3 Å². The second kappa shape index (κ2) is 6.55. The number of nitrogens with one attached hydrogen (secondary N) is 3. The highest BCUT2D eigenvalue weighted by Crippen LogP contribution is 2.32. The minimum atomic E-state index is -0.459.